The monoisotopic (exact) mass is 401 g/mol. The molecule has 0 aliphatic carbocycles. The maximum atomic E-state index is 13.5. The maximum absolute atomic E-state index is 13.5. The number of hydrogen-bond donors (Lipinski definition) is 0. The number of esters is 1. The molecule has 4 aromatic rings. The fraction of sp³-hybridized carbons (Fsp3) is 0.130. The summed E-state index contributed by atoms with van der Waals surface area (Å²) in [6.45, 7) is 1.96. The number of hydrogen-bond acceptors (Lipinski definition) is 6. The Bertz CT molecular complexity index is 1260. The lowest BCUT2D eigenvalue weighted by Gasteiger charge is -2.05. The van der Waals surface area contributed by atoms with Crippen molar-refractivity contribution in [3.8, 4) is 17.0 Å². The van der Waals surface area contributed by atoms with Crippen LogP contribution in [0.3, 0.4) is 0 Å². The number of methoxy groups -OCH3 is 2. The molecule has 0 atom stereocenters. The van der Waals surface area contributed by atoms with Gasteiger partial charge in [0.2, 0.25) is 5.78 Å². The van der Waals surface area contributed by atoms with Crippen molar-refractivity contribution in [2.24, 2.45) is 0 Å². The van der Waals surface area contributed by atoms with Crippen molar-refractivity contribution in [3.05, 3.63) is 83.3 Å². The van der Waals surface area contributed by atoms with Crippen molar-refractivity contribution >= 4 is 17.3 Å². The minimum atomic E-state index is -0.601. The summed E-state index contributed by atoms with van der Waals surface area (Å²) in [5.41, 5.74) is 3.58. The second-order valence-corrected chi connectivity index (χ2v) is 6.72. The van der Waals surface area contributed by atoms with E-state index in [4.69, 9.17) is 9.47 Å². The highest BCUT2D eigenvalue weighted by Crippen LogP contribution is 2.29. The first-order chi connectivity index (χ1) is 14.5. The van der Waals surface area contributed by atoms with Gasteiger partial charge in [-0.05, 0) is 55.0 Å². The Labute approximate surface area is 172 Å². The molecule has 0 spiro atoms. The summed E-state index contributed by atoms with van der Waals surface area (Å²) in [5.74, 6) is -0.223. The number of aromatic nitrogens is 3. The van der Waals surface area contributed by atoms with E-state index in [2.05, 4.69) is 10.1 Å². The molecule has 0 saturated carbocycles. The molecular weight excluding hydrogens is 382 g/mol. The second kappa shape index (κ2) is 7.79. The molecule has 7 nitrogen and oxygen atoms in total. The predicted molar refractivity (Wildman–Crippen MR) is 111 cm³/mol. The quantitative estimate of drug-likeness (QED) is 0.374. The summed E-state index contributed by atoms with van der Waals surface area (Å²) >= 11 is 0. The average molecular weight is 401 g/mol. The van der Waals surface area contributed by atoms with Gasteiger partial charge in [-0.1, -0.05) is 12.1 Å². The Hall–Kier alpha value is -4.00. The first-order valence-electron chi connectivity index (χ1n) is 9.25. The minimum absolute atomic E-state index is 0.0710. The first kappa shape index (κ1) is 19.3. The minimum Gasteiger partial charge on any atom is -0.497 e. The number of fused-ring (bicyclic) bond motifs is 1. The fourth-order valence-electron chi connectivity index (χ4n) is 3.23. The van der Waals surface area contributed by atoms with Gasteiger partial charge in [0, 0.05) is 11.8 Å². The zero-order valence-corrected chi connectivity index (χ0v) is 16.7. The Morgan fingerprint density at radius 2 is 1.67 bits per heavy atom. The zero-order valence-electron chi connectivity index (χ0n) is 16.7. The smallest absolute Gasteiger partial charge is 0.356 e. The van der Waals surface area contributed by atoms with Gasteiger partial charge in [0.25, 0.3) is 0 Å². The van der Waals surface area contributed by atoms with Gasteiger partial charge in [-0.15, -0.1) is 0 Å². The van der Waals surface area contributed by atoms with Crippen LogP contribution in [0.25, 0.3) is 16.8 Å². The summed E-state index contributed by atoms with van der Waals surface area (Å²) < 4.78 is 11.6. The number of rotatable bonds is 5. The van der Waals surface area contributed by atoms with Crippen LogP contribution >= 0.6 is 0 Å². The average Bonchev–Trinajstić information content (AvgIpc) is 3.16. The van der Waals surface area contributed by atoms with Crippen molar-refractivity contribution in [2.75, 3.05) is 14.2 Å². The topological polar surface area (TPSA) is 82.8 Å². The molecule has 0 unspecified atom stereocenters. The lowest BCUT2D eigenvalue weighted by Crippen LogP contribution is -2.10. The van der Waals surface area contributed by atoms with Crippen LogP contribution in [0.5, 0.6) is 5.75 Å². The summed E-state index contributed by atoms with van der Waals surface area (Å²) in [6, 6.07) is 15.8. The fourth-order valence-corrected chi connectivity index (χ4v) is 3.23. The van der Waals surface area contributed by atoms with Gasteiger partial charge >= 0.3 is 5.97 Å². The van der Waals surface area contributed by atoms with Gasteiger partial charge in [0.1, 0.15) is 22.8 Å². The highest BCUT2D eigenvalue weighted by atomic mass is 16.5. The van der Waals surface area contributed by atoms with E-state index in [1.54, 1.807) is 23.8 Å². The molecule has 0 aliphatic rings. The summed E-state index contributed by atoms with van der Waals surface area (Å²) in [4.78, 5) is 29.5. The van der Waals surface area contributed by atoms with Crippen LogP contribution in [0, 0.1) is 6.92 Å². The standard InChI is InChI=1S/C23H19N3O4/c1-14-7-12-19-20(22(27)17-5-4-6-18(24-17)23(28)30-3)21(25-26(19)13-14)15-8-10-16(29-2)11-9-15/h4-13H,1-3H3. The Kier molecular flexibility index (Phi) is 5.02. The van der Waals surface area contributed by atoms with Crippen molar-refractivity contribution in [1.29, 1.82) is 0 Å². The van der Waals surface area contributed by atoms with Gasteiger partial charge in [-0.25, -0.2) is 14.3 Å². The molecule has 150 valence electrons. The normalized spacial score (nSPS) is 10.8. The Morgan fingerprint density at radius 1 is 0.933 bits per heavy atom. The van der Waals surface area contributed by atoms with Gasteiger partial charge in [0.15, 0.2) is 0 Å². The van der Waals surface area contributed by atoms with Crippen LogP contribution in [0.4, 0.5) is 0 Å². The molecule has 7 heteroatoms. The molecule has 0 fully saturated rings. The van der Waals surface area contributed by atoms with E-state index in [-0.39, 0.29) is 17.2 Å². The van der Waals surface area contributed by atoms with Gasteiger partial charge < -0.3 is 9.47 Å². The third kappa shape index (κ3) is 3.41. The second-order valence-electron chi connectivity index (χ2n) is 6.72. The molecule has 0 amide bonds. The number of carbonyl (C=O) groups excluding carboxylic acids is 2. The molecule has 0 radical (unpaired) electrons. The summed E-state index contributed by atoms with van der Waals surface area (Å²) in [5, 5.41) is 4.66. The Balaban J connectivity index is 1.90. The van der Waals surface area contributed by atoms with E-state index in [0.717, 1.165) is 11.1 Å². The van der Waals surface area contributed by atoms with E-state index in [1.165, 1.54) is 13.2 Å². The molecule has 0 aliphatic heterocycles. The van der Waals surface area contributed by atoms with Gasteiger partial charge in [0.05, 0.1) is 25.3 Å². The SMILES string of the molecule is COC(=O)c1cccc(C(=O)c2c(-c3ccc(OC)cc3)nn3cc(C)ccc23)n1. The molecule has 4 rings (SSSR count). The number of nitrogens with zero attached hydrogens (tertiary/aromatic N) is 3. The molecule has 0 bridgehead atoms. The van der Waals surface area contributed by atoms with E-state index in [1.807, 2.05) is 49.5 Å². The molecule has 30 heavy (non-hydrogen) atoms. The van der Waals surface area contributed by atoms with Crippen LogP contribution in [-0.4, -0.2) is 40.6 Å². The highest BCUT2D eigenvalue weighted by molar-refractivity contribution is 6.16. The maximum Gasteiger partial charge on any atom is 0.356 e. The first-order valence-corrected chi connectivity index (χ1v) is 9.25. The van der Waals surface area contributed by atoms with Crippen LogP contribution < -0.4 is 4.74 Å². The van der Waals surface area contributed by atoms with Gasteiger partial charge in [-0.3, -0.25) is 4.79 Å². The number of carbonyl (C=O) groups is 2. The number of benzene rings is 1. The number of aryl methyl sites for hydroxylation is 1. The molecule has 1 aromatic carbocycles. The molecular formula is C23H19N3O4. The summed E-state index contributed by atoms with van der Waals surface area (Å²) in [7, 11) is 2.87. The van der Waals surface area contributed by atoms with Crippen LogP contribution in [0.15, 0.2) is 60.8 Å². The number of pyridine rings is 2. The van der Waals surface area contributed by atoms with Crippen LogP contribution in [0.1, 0.15) is 32.1 Å². The van der Waals surface area contributed by atoms with Crippen molar-refractivity contribution < 1.29 is 19.1 Å². The van der Waals surface area contributed by atoms with Crippen molar-refractivity contribution in [1.82, 2.24) is 14.6 Å². The zero-order chi connectivity index (χ0) is 21.3. The van der Waals surface area contributed by atoms with E-state index in [9.17, 15) is 9.59 Å². The Morgan fingerprint density at radius 3 is 2.37 bits per heavy atom. The lowest BCUT2D eigenvalue weighted by molar-refractivity contribution is 0.0594. The van der Waals surface area contributed by atoms with Crippen molar-refractivity contribution in [3.63, 3.8) is 0 Å². The molecule has 0 N–H and O–H groups in total. The van der Waals surface area contributed by atoms with Crippen LogP contribution in [0.2, 0.25) is 0 Å². The molecule has 3 aromatic heterocycles. The highest BCUT2D eigenvalue weighted by Gasteiger charge is 2.24. The summed E-state index contributed by atoms with van der Waals surface area (Å²) in [6.07, 6.45) is 1.86. The van der Waals surface area contributed by atoms with Crippen LogP contribution in [-0.2, 0) is 4.74 Å². The number of ketones is 1. The van der Waals surface area contributed by atoms with Crippen molar-refractivity contribution in [2.45, 2.75) is 6.92 Å². The third-order valence-corrected chi connectivity index (χ3v) is 4.74. The number of ether oxygens (including phenoxy) is 2. The lowest BCUT2D eigenvalue weighted by atomic mass is 10.0. The van der Waals surface area contributed by atoms with E-state index >= 15 is 0 Å². The van der Waals surface area contributed by atoms with E-state index < -0.39 is 5.97 Å². The third-order valence-electron chi connectivity index (χ3n) is 4.74. The van der Waals surface area contributed by atoms with Gasteiger partial charge in [-0.2, -0.15) is 5.10 Å². The van der Waals surface area contributed by atoms with E-state index in [0.29, 0.717) is 22.5 Å². The largest absolute Gasteiger partial charge is 0.497 e. The molecule has 0 saturated heterocycles. The molecule has 3 heterocycles. The predicted octanol–water partition coefficient (Wildman–Crippen LogP) is 3.73.